The summed E-state index contributed by atoms with van der Waals surface area (Å²) in [5.74, 6) is 0.928. The molecule has 0 unspecified atom stereocenters. The van der Waals surface area contributed by atoms with E-state index in [0.717, 1.165) is 36.6 Å². The van der Waals surface area contributed by atoms with E-state index in [1.165, 1.54) is 12.7 Å². The maximum atomic E-state index is 12.7. The number of hydrogen-bond donors (Lipinski definition) is 3. The molecule has 1 fully saturated rings. The van der Waals surface area contributed by atoms with Gasteiger partial charge in [-0.2, -0.15) is 0 Å². The van der Waals surface area contributed by atoms with Gasteiger partial charge in [0.25, 0.3) is 0 Å². The van der Waals surface area contributed by atoms with Crippen LogP contribution in [0.1, 0.15) is 18.4 Å². The van der Waals surface area contributed by atoms with Crippen LogP contribution in [-0.2, 0) is 16.0 Å². The number of nitrogens with two attached hydrogens (primary N) is 1. The Labute approximate surface area is 212 Å². The van der Waals surface area contributed by atoms with E-state index in [1.54, 1.807) is 36.2 Å². The molecule has 36 heavy (non-hydrogen) atoms. The van der Waals surface area contributed by atoms with Crippen molar-refractivity contribution >= 4 is 46.2 Å². The summed E-state index contributed by atoms with van der Waals surface area (Å²) in [7, 11) is 1.53. The van der Waals surface area contributed by atoms with Gasteiger partial charge in [-0.25, -0.2) is 9.78 Å². The molecule has 5 rings (SSSR count). The second kappa shape index (κ2) is 10.3. The van der Waals surface area contributed by atoms with Gasteiger partial charge in [0.1, 0.15) is 5.52 Å². The van der Waals surface area contributed by atoms with Crippen molar-refractivity contribution in [3.05, 3.63) is 48.2 Å². The Bertz CT molecular complexity index is 1290. The predicted molar refractivity (Wildman–Crippen MR) is 138 cm³/mol. The number of hydrogen-bond acceptors (Lipinski definition) is 9. The summed E-state index contributed by atoms with van der Waals surface area (Å²) < 4.78 is 10.8. The van der Waals surface area contributed by atoms with E-state index in [-0.39, 0.29) is 5.91 Å². The molecule has 2 aliphatic rings. The Morgan fingerprint density at radius 1 is 1.25 bits per heavy atom. The predicted octanol–water partition coefficient (Wildman–Crippen LogP) is 3.22. The molecule has 0 radical (unpaired) electrons. The third kappa shape index (κ3) is 5.53. The standard InChI is InChI=1S/C25H28N6O4S/c1-34-22-5-3-17-23(30-22)18(6-10-27-17)29-24(33)35-25(26)8-12-31(13-9-25)11-7-16-2-4-20-19(14-16)28-21(32)15-36-20/h2-6,10,14H,7-9,11-13,15,26H2,1H3,(H,28,32)(H,27,29,33). The van der Waals surface area contributed by atoms with Gasteiger partial charge in [0.2, 0.25) is 11.8 Å². The fraction of sp³-hybridized carbons (Fsp3) is 0.360. The van der Waals surface area contributed by atoms with Gasteiger partial charge in [0.05, 0.1) is 29.8 Å². The summed E-state index contributed by atoms with van der Waals surface area (Å²) in [4.78, 5) is 36.4. The van der Waals surface area contributed by atoms with Gasteiger partial charge in [-0.1, -0.05) is 6.07 Å². The highest BCUT2D eigenvalue weighted by atomic mass is 32.2. The maximum absolute atomic E-state index is 12.7. The van der Waals surface area contributed by atoms with E-state index in [2.05, 4.69) is 43.7 Å². The number of anilines is 2. The Balaban J connectivity index is 1.13. The zero-order chi connectivity index (χ0) is 25.1. The average molecular weight is 509 g/mol. The number of nitrogens with zero attached hydrogens (tertiary/aromatic N) is 3. The zero-order valence-electron chi connectivity index (χ0n) is 20.0. The van der Waals surface area contributed by atoms with Gasteiger partial charge < -0.3 is 19.7 Å². The van der Waals surface area contributed by atoms with Crippen molar-refractivity contribution in [3.8, 4) is 5.88 Å². The molecule has 1 aromatic carbocycles. The number of rotatable bonds is 6. The lowest BCUT2D eigenvalue weighted by Gasteiger charge is -2.38. The smallest absolute Gasteiger partial charge is 0.413 e. The minimum absolute atomic E-state index is 0.0390. The third-order valence-corrected chi connectivity index (χ3v) is 7.47. The first kappa shape index (κ1) is 24.3. The first-order chi connectivity index (χ1) is 17.4. The molecule has 1 saturated heterocycles. The SMILES string of the molecule is COc1ccc2nccc(NC(=O)OC3(N)CCN(CCc4ccc5c(c4)NC(=O)CS5)CC3)c2n1. The molecule has 0 saturated carbocycles. The van der Waals surface area contributed by atoms with Crippen molar-refractivity contribution in [2.75, 3.05) is 43.1 Å². The normalized spacial score (nSPS) is 17.2. The van der Waals surface area contributed by atoms with E-state index in [1.807, 2.05) is 0 Å². The molecule has 3 aromatic rings. The zero-order valence-corrected chi connectivity index (χ0v) is 20.8. The lowest BCUT2D eigenvalue weighted by molar-refractivity contribution is -0.113. The molecule has 10 nitrogen and oxygen atoms in total. The number of likely N-dealkylation sites (tertiary alicyclic amines) is 1. The van der Waals surface area contributed by atoms with Crippen LogP contribution < -0.4 is 21.1 Å². The average Bonchev–Trinajstić information content (AvgIpc) is 2.88. The van der Waals surface area contributed by atoms with Crippen molar-refractivity contribution in [2.45, 2.75) is 29.9 Å². The monoisotopic (exact) mass is 508 g/mol. The Morgan fingerprint density at radius 3 is 2.89 bits per heavy atom. The highest BCUT2D eigenvalue weighted by Gasteiger charge is 2.34. The highest BCUT2D eigenvalue weighted by molar-refractivity contribution is 8.00. The molecular formula is C25H28N6O4S. The molecule has 4 N–H and O–H groups in total. The number of ether oxygens (including phenoxy) is 2. The van der Waals surface area contributed by atoms with Crippen LogP contribution in [0.3, 0.4) is 0 Å². The van der Waals surface area contributed by atoms with Gasteiger partial charge >= 0.3 is 6.09 Å². The first-order valence-electron chi connectivity index (χ1n) is 11.8. The van der Waals surface area contributed by atoms with Crippen LogP contribution in [0.15, 0.2) is 47.5 Å². The van der Waals surface area contributed by atoms with Crippen LogP contribution in [0.5, 0.6) is 5.88 Å². The van der Waals surface area contributed by atoms with Gasteiger partial charge in [0.15, 0.2) is 5.72 Å². The number of carbonyl (C=O) groups is 2. The fourth-order valence-corrected chi connectivity index (χ4v) is 5.16. The molecule has 11 heteroatoms. The topological polar surface area (TPSA) is 132 Å². The number of nitrogens with one attached hydrogen (secondary N) is 2. The fourth-order valence-electron chi connectivity index (χ4n) is 4.37. The largest absolute Gasteiger partial charge is 0.481 e. The number of methoxy groups -OCH3 is 1. The lowest BCUT2D eigenvalue weighted by atomic mass is 10.0. The molecular weight excluding hydrogens is 480 g/mol. The van der Waals surface area contributed by atoms with Crippen LogP contribution >= 0.6 is 11.8 Å². The van der Waals surface area contributed by atoms with Crippen molar-refractivity contribution in [1.82, 2.24) is 14.9 Å². The van der Waals surface area contributed by atoms with Crippen molar-refractivity contribution in [2.24, 2.45) is 5.73 Å². The minimum atomic E-state index is -1.04. The van der Waals surface area contributed by atoms with E-state index >= 15 is 0 Å². The second-order valence-corrected chi connectivity index (χ2v) is 9.94. The number of aromatic nitrogens is 2. The van der Waals surface area contributed by atoms with E-state index < -0.39 is 11.8 Å². The quantitative estimate of drug-likeness (QED) is 0.429. The number of piperidine rings is 1. The van der Waals surface area contributed by atoms with Gasteiger partial charge in [-0.15, -0.1) is 11.8 Å². The number of amides is 2. The van der Waals surface area contributed by atoms with Crippen molar-refractivity contribution in [1.29, 1.82) is 0 Å². The summed E-state index contributed by atoms with van der Waals surface area (Å²) >= 11 is 1.56. The summed E-state index contributed by atoms with van der Waals surface area (Å²) in [5.41, 5.74) is 9.07. The third-order valence-electron chi connectivity index (χ3n) is 6.40. The van der Waals surface area contributed by atoms with Crippen molar-refractivity contribution < 1.29 is 19.1 Å². The Kier molecular flexibility index (Phi) is 6.95. The van der Waals surface area contributed by atoms with Crippen LogP contribution in [0.25, 0.3) is 11.0 Å². The van der Waals surface area contributed by atoms with Gasteiger partial charge in [-0.05, 0) is 36.2 Å². The maximum Gasteiger partial charge on any atom is 0.413 e. The first-order valence-corrected chi connectivity index (χ1v) is 12.8. The summed E-state index contributed by atoms with van der Waals surface area (Å²) in [6.07, 6.45) is 2.88. The van der Waals surface area contributed by atoms with Crippen LogP contribution in [-0.4, -0.2) is 65.1 Å². The number of fused-ring (bicyclic) bond motifs is 2. The molecule has 188 valence electrons. The molecule has 2 amide bonds. The molecule has 0 spiro atoms. The Hall–Kier alpha value is -3.41. The van der Waals surface area contributed by atoms with Crippen molar-refractivity contribution in [3.63, 3.8) is 0 Å². The number of carbonyl (C=O) groups excluding carboxylic acids is 2. The minimum Gasteiger partial charge on any atom is -0.481 e. The van der Waals surface area contributed by atoms with Gasteiger partial charge in [0, 0.05) is 49.6 Å². The second-order valence-electron chi connectivity index (χ2n) is 8.92. The van der Waals surface area contributed by atoms with E-state index in [9.17, 15) is 9.59 Å². The molecule has 0 aliphatic carbocycles. The molecule has 2 aliphatic heterocycles. The van der Waals surface area contributed by atoms with Crippen LogP contribution in [0, 0.1) is 0 Å². The molecule has 2 aromatic heterocycles. The lowest BCUT2D eigenvalue weighted by Crippen LogP contribution is -2.53. The molecule has 0 bridgehead atoms. The van der Waals surface area contributed by atoms with E-state index in [0.29, 0.717) is 41.2 Å². The Morgan fingerprint density at radius 2 is 2.08 bits per heavy atom. The van der Waals surface area contributed by atoms with Crippen LogP contribution in [0.2, 0.25) is 0 Å². The van der Waals surface area contributed by atoms with Crippen LogP contribution in [0.4, 0.5) is 16.2 Å². The van der Waals surface area contributed by atoms with Gasteiger partial charge in [-0.3, -0.25) is 20.8 Å². The summed E-state index contributed by atoms with van der Waals surface area (Å²) in [5, 5.41) is 5.69. The highest BCUT2D eigenvalue weighted by Crippen LogP contribution is 2.32. The van der Waals surface area contributed by atoms with E-state index in [4.69, 9.17) is 15.2 Å². The molecule has 4 heterocycles. The number of thioether (sulfide) groups is 1. The molecule has 0 atom stereocenters. The number of benzene rings is 1. The summed E-state index contributed by atoms with van der Waals surface area (Å²) in [6, 6.07) is 11.4. The summed E-state index contributed by atoms with van der Waals surface area (Å²) in [6.45, 7) is 2.30. The number of pyridine rings is 2.